The number of aliphatic hydroxyl groups excluding tert-OH is 4. The second-order valence-corrected chi connectivity index (χ2v) is 35.6. The Morgan fingerprint density at radius 2 is 0.947 bits per heavy atom. The van der Waals surface area contributed by atoms with Gasteiger partial charge in [-0.15, -0.1) is 11.8 Å². The molecule has 1 aliphatic rings. The van der Waals surface area contributed by atoms with E-state index >= 15 is 0 Å². The number of nitrogens with one attached hydrogen (secondary N) is 7. The summed E-state index contributed by atoms with van der Waals surface area (Å²) in [7, 11) is 1.44. The molecule has 1 saturated heterocycles. The number of ketones is 8. The van der Waals surface area contributed by atoms with E-state index in [9.17, 15) is 137 Å². The van der Waals surface area contributed by atoms with E-state index in [1.54, 1.807) is 69.9 Å². The minimum absolute atomic E-state index is 0.0251. The van der Waals surface area contributed by atoms with Crippen molar-refractivity contribution in [2.24, 2.45) is 59.0 Å². The van der Waals surface area contributed by atoms with Gasteiger partial charge in [0.05, 0.1) is 110 Å². The van der Waals surface area contributed by atoms with Crippen LogP contribution in [0.4, 0.5) is 0 Å². The van der Waals surface area contributed by atoms with Gasteiger partial charge in [-0.25, -0.2) is 0 Å². The molecule has 8 amide bonds. The van der Waals surface area contributed by atoms with Crippen molar-refractivity contribution in [2.45, 2.75) is 244 Å². The zero-order valence-electron chi connectivity index (χ0n) is 76.2. The Morgan fingerprint density at radius 3 is 1.46 bits per heavy atom. The zero-order valence-corrected chi connectivity index (χ0v) is 77.1. The SMILES string of the molecule is CC[C@H](C)[C@H](NC(=O)[C@H](CO)CC(=O)[C@H](Cc1ccc(O)cc1)NC(=O)[C@H](CC(=O)O)CC(=O)[C@H](CO)NC(=O)[C@@H](CC(=O)[C@H](Cc1ccccc1)NC(=O)[C@@H](CC(=O)CNC(=O)[C@H](CCC(=O)O)CC(=O)CSCC(=O)CCCN1CC[C@@H](OC)C1=O)[C@@H](C)O)[C@@H](C)O)C(=O)C[C@@H](Cc1ccc(O)cc1)C(=O)N[C@@H](CC(C)C)C(=O)C[C@@H](CC(=O)O)C(=O)N[C@H](C)CCCCN. The predicted molar refractivity (Wildman–Crippen MR) is 480 cm³/mol. The number of thioether (sulfide) groups is 1. The van der Waals surface area contributed by atoms with E-state index in [0.29, 0.717) is 62.9 Å². The molecule has 38 nitrogen and oxygen atoms in total. The first kappa shape index (κ1) is 113. The molecule has 17 atom stereocenters. The number of nitrogens with zero attached hydrogens (tertiary/aromatic N) is 1. The Labute approximate surface area is 771 Å². The first-order valence-electron chi connectivity index (χ1n) is 44.6. The number of benzene rings is 3. The topological polar surface area (TPSA) is 629 Å². The fourth-order valence-electron chi connectivity index (χ4n) is 15.2. The van der Waals surface area contributed by atoms with Gasteiger partial charge in [-0.2, -0.15) is 0 Å². The molecular formula is C93H133N9O29S. The van der Waals surface area contributed by atoms with Crippen LogP contribution < -0.4 is 43.0 Å². The molecule has 0 saturated carbocycles. The van der Waals surface area contributed by atoms with Crippen LogP contribution in [0.5, 0.6) is 11.5 Å². The number of phenolic OH excluding ortho intramolecular Hbond substituents is 2. The van der Waals surface area contributed by atoms with E-state index in [2.05, 4.69) is 37.2 Å². The van der Waals surface area contributed by atoms with Crippen LogP contribution in [0.15, 0.2) is 78.9 Å². The third-order valence-corrected chi connectivity index (χ3v) is 24.2. The molecule has 0 bridgehead atoms. The van der Waals surface area contributed by atoms with Gasteiger partial charge in [0.1, 0.15) is 35.2 Å². The highest BCUT2D eigenvalue weighted by atomic mass is 32.2. The van der Waals surface area contributed by atoms with Crippen LogP contribution in [0.1, 0.15) is 187 Å². The fourth-order valence-corrected chi connectivity index (χ4v) is 16.0. The minimum Gasteiger partial charge on any atom is -0.508 e. The number of Topliss-reactive ketones (excluding diaryl/α,β-unsaturated/α-hetero) is 8. The van der Waals surface area contributed by atoms with Crippen LogP contribution in [0, 0.1) is 53.3 Å². The Bertz CT molecular complexity index is 4380. The summed E-state index contributed by atoms with van der Waals surface area (Å²) in [6.45, 7) is 9.02. The number of aliphatic hydroxyl groups is 4. The lowest BCUT2D eigenvalue weighted by molar-refractivity contribution is -0.143. The van der Waals surface area contributed by atoms with Gasteiger partial charge in [-0.3, -0.25) is 91.1 Å². The highest BCUT2D eigenvalue weighted by Crippen LogP contribution is 2.27. The van der Waals surface area contributed by atoms with Gasteiger partial charge in [0.25, 0.3) is 5.91 Å². The van der Waals surface area contributed by atoms with Gasteiger partial charge in [-0.1, -0.05) is 95.1 Å². The summed E-state index contributed by atoms with van der Waals surface area (Å²) >= 11 is 0.990. The molecule has 1 aliphatic heterocycles. The second-order valence-electron chi connectivity index (χ2n) is 34.6. The van der Waals surface area contributed by atoms with Crippen LogP contribution in [-0.2, 0) is 115 Å². The summed E-state index contributed by atoms with van der Waals surface area (Å²) in [5.74, 6) is -30.0. The highest BCUT2D eigenvalue weighted by Gasteiger charge is 2.41. The number of phenols is 2. The Kier molecular flexibility index (Phi) is 50.4. The van der Waals surface area contributed by atoms with Crippen molar-refractivity contribution < 1.29 is 142 Å². The third-order valence-electron chi connectivity index (χ3n) is 23.1. The summed E-state index contributed by atoms with van der Waals surface area (Å²) in [5.41, 5.74) is 6.77. The third kappa shape index (κ3) is 40.9. The largest absolute Gasteiger partial charge is 0.508 e. The number of methoxy groups -OCH3 is 1. The molecule has 0 unspecified atom stereocenters. The molecule has 1 heterocycles. The lowest BCUT2D eigenvalue weighted by atomic mass is 9.85. The molecular weight excluding hydrogens is 1740 g/mol. The van der Waals surface area contributed by atoms with Gasteiger partial charge in [-0.05, 0) is 131 Å². The fraction of sp³-hybridized carbons (Fsp3) is 0.602. The molecule has 730 valence electrons. The number of unbranched alkanes of at least 4 members (excludes halogenated alkanes) is 1. The molecule has 0 radical (unpaired) electrons. The van der Waals surface area contributed by atoms with Crippen LogP contribution in [0.3, 0.4) is 0 Å². The molecule has 3 aromatic rings. The van der Waals surface area contributed by atoms with Gasteiger partial charge in [0.2, 0.25) is 41.4 Å². The normalized spacial score (nSPS) is 16.2. The standard InChI is InChI=1S/C93H133N9O29S/c1-9-53(4)85(80(116)41-61(35-58-20-25-65(107)26-21-58)88(125)97-72(34-52(2)3)76(112)39-62(43-83(119)120)87(124)96-54(5)16-13-14-31-94)101-90(127)64(48-103)42-77(113)73(37-59-22-27-66(108)28-23-59)98-89(126)63(44-84(121)122)40-78(114)75(49-104)100-92(129)71(56(7)106)46-79(115)74(36-57-17-11-10-12-18-57)99-91(128)70(55(6)105)45-68(110)47-95-86(123)60(24-29-82(117)118)38-69(111)51-132-50-67(109)19-15-32-102-33-30-81(131-8)93(102)130/h10-12,17-18,20-23,25-28,52-56,60-64,70-75,81,85,103-108H,9,13-16,19,24,29-51,94H2,1-8H3,(H,95,123)(H,96,124)(H,97,125)(H,98,126)(H,99,128)(H,100,129)(H,101,127)(H,117,118)(H,119,120)(H,121,122)/t53-,54+,55+,56+,60+,61+,62-,63-,64-,70-,71-,72-,73-,74-,75-,81+,85-/m0/s1. The van der Waals surface area contributed by atoms with E-state index < -0.39 is 286 Å². The number of carbonyl (C=O) groups is 19. The number of amides is 8. The smallest absolute Gasteiger partial charge is 0.304 e. The average Bonchev–Trinajstić information content (AvgIpc) is 1.03. The van der Waals surface area contributed by atoms with Crippen LogP contribution in [0.25, 0.3) is 0 Å². The molecule has 0 spiro atoms. The maximum absolute atomic E-state index is 14.9. The summed E-state index contributed by atoms with van der Waals surface area (Å²) in [5, 5.41) is 111. The number of likely N-dealkylation sites (tertiary alicyclic amines) is 1. The van der Waals surface area contributed by atoms with E-state index in [1.165, 1.54) is 55.6 Å². The zero-order chi connectivity index (χ0) is 98.6. The first-order chi connectivity index (χ1) is 62.4. The first-order valence-corrected chi connectivity index (χ1v) is 45.8. The van der Waals surface area contributed by atoms with Crippen LogP contribution in [0.2, 0.25) is 0 Å². The highest BCUT2D eigenvalue weighted by molar-refractivity contribution is 8.00. The summed E-state index contributed by atoms with van der Waals surface area (Å²) in [6.07, 6.45) is -9.57. The number of aromatic hydroxyl groups is 2. The van der Waals surface area contributed by atoms with Crippen molar-refractivity contribution in [3.8, 4) is 11.5 Å². The average molecular weight is 1870 g/mol. The second kappa shape index (κ2) is 58.7. The van der Waals surface area contributed by atoms with Gasteiger partial charge >= 0.3 is 17.9 Å². The predicted octanol–water partition coefficient (Wildman–Crippen LogP) is 2.31. The number of carboxylic acids is 3. The number of ether oxygens (including phenoxy) is 1. The van der Waals surface area contributed by atoms with Crippen molar-refractivity contribution >= 4 is 123 Å². The van der Waals surface area contributed by atoms with E-state index in [-0.39, 0.29) is 90.7 Å². The summed E-state index contributed by atoms with van der Waals surface area (Å²) in [4.78, 5) is 261. The maximum Gasteiger partial charge on any atom is 0.304 e. The van der Waals surface area contributed by atoms with Crippen LogP contribution >= 0.6 is 11.8 Å². The molecule has 4 rings (SSSR count). The lowest BCUT2D eigenvalue weighted by Crippen LogP contribution is -2.52. The number of rotatable bonds is 68. The van der Waals surface area contributed by atoms with Gasteiger partial charge in [0, 0.05) is 102 Å². The number of carboxylic acid groups (broad SMARTS) is 3. The Balaban J connectivity index is 1.52. The van der Waals surface area contributed by atoms with Crippen molar-refractivity contribution in [1.29, 1.82) is 0 Å². The molecule has 18 N–H and O–H groups in total. The Morgan fingerprint density at radius 1 is 0.470 bits per heavy atom. The number of aliphatic carboxylic acids is 3. The van der Waals surface area contributed by atoms with Crippen molar-refractivity contribution in [3.05, 3.63) is 95.6 Å². The molecule has 132 heavy (non-hydrogen) atoms. The number of hydrogen-bond donors (Lipinski definition) is 17. The minimum atomic E-state index is -1.99. The van der Waals surface area contributed by atoms with Crippen molar-refractivity contribution in [2.75, 3.05) is 58.0 Å². The molecule has 1 fully saturated rings. The number of hydrogen-bond acceptors (Lipinski definition) is 28. The van der Waals surface area contributed by atoms with Crippen molar-refractivity contribution in [1.82, 2.24) is 42.1 Å². The quantitative estimate of drug-likeness (QED) is 0.0361. The Hall–Kier alpha value is -11.1. The van der Waals surface area contributed by atoms with Crippen LogP contribution in [-0.4, -0.2) is 275 Å². The van der Waals surface area contributed by atoms with Gasteiger partial charge in [0.15, 0.2) is 34.7 Å². The monoisotopic (exact) mass is 1870 g/mol. The summed E-state index contributed by atoms with van der Waals surface area (Å²) < 4.78 is 5.15. The molecule has 3 aromatic carbocycles. The summed E-state index contributed by atoms with van der Waals surface area (Å²) in [6, 6.07) is 10.4. The number of nitrogens with two attached hydrogens (primary N) is 1. The van der Waals surface area contributed by atoms with E-state index in [0.717, 1.165) is 25.6 Å². The van der Waals surface area contributed by atoms with Gasteiger partial charge < -0.3 is 98.5 Å². The number of carbonyl (C=O) groups excluding carboxylic acids is 16. The van der Waals surface area contributed by atoms with E-state index in [1.807, 2.05) is 0 Å². The molecule has 0 aliphatic carbocycles. The maximum atomic E-state index is 14.9. The molecule has 39 heteroatoms. The van der Waals surface area contributed by atoms with Crippen molar-refractivity contribution in [3.63, 3.8) is 0 Å². The lowest BCUT2D eigenvalue weighted by Gasteiger charge is -2.28. The molecule has 0 aromatic heterocycles. The van der Waals surface area contributed by atoms with E-state index in [4.69, 9.17) is 10.5 Å².